The molecule has 0 bridgehead atoms. The standard InChI is InChI=1S/C10H10N2O4/c1-2-9(13)11-10(14)7-3-5-8(6-4-7)12(15)16/h3-6H,2H2,1H3,(H,11,13,14). The van der Waals surface area contributed by atoms with Crippen LogP contribution in [0.5, 0.6) is 0 Å². The van der Waals surface area contributed by atoms with Crippen molar-refractivity contribution in [2.45, 2.75) is 13.3 Å². The first-order valence-corrected chi connectivity index (χ1v) is 4.63. The van der Waals surface area contributed by atoms with Crippen LogP contribution in [0.2, 0.25) is 0 Å². The molecule has 0 spiro atoms. The van der Waals surface area contributed by atoms with E-state index in [4.69, 9.17) is 0 Å². The summed E-state index contributed by atoms with van der Waals surface area (Å²) in [6.45, 7) is 1.62. The molecule has 0 aliphatic heterocycles. The normalized spacial score (nSPS) is 9.56. The van der Waals surface area contributed by atoms with Crippen LogP contribution in [0.25, 0.3) is 0 Å². The number of non-ortho nitro benzene ring substituents is 1. The van der Waals surface area contributed by atoms with E-state index in [1.165, 1.54) is 24.3 Å². The van der Waals surface area contributed by atoms with Gasteiger partial charge >= 0.3 is 0 Å². The molecule has 6 heteroatoms. The summed E-state index contributed by atoms with van der Waals surface area (Å²) in [7, 11) is 0. The number of nitrogens with zero attached hydrogens (tertiary/aromatic N) is 1. The number of carbonyl (C=O) groups is 2. The summed E-state index contributed by atoms with van der Waals surface area (Å²) in [5.41, 5.74) is 0.116. The van der Waals surface area contributed by atoms with Crippen LogP contribution in [0.4, 0.5) is 5.69 Å². The fourth-order valence-electron chi connectivity index (χ4n) is 1.02. The Morgan fingerprint density at radius 2 is 1.88 bits per heavy atom. The van der Waals surface area contributed by atoms with Crippen LogP contribution in [0.15, 0.2) is 24.3 Å². The van der Waals surface area contributed by atoms with E-state index in [-0.39, 0.29) is 23.6 Å². The molecule has 0 aliphatic rings. The number of benzene rings is 1. The quantitative estimate of drug-likeness (QED) is 0.615. The van der Waals surface area contributed by atoms with E-state index in [0.29, 0.717) is 0 Å². The van der Waals surface area contributed by atoms with Crippen molar-refractivity contribution in [3.63, 3.8) is 0 Å². The van der Waals surface area contributed by atoms with Gasteiger partial charge < -0.3 is 0 Å². The third-order valence-corrected chi connectivity index (χ3v) is 1.91. The van der Waals surface area contributed by atoms with Crippen molar-refractivity contribution >= 4 is 17.5 Å². The average molecular weight is 222 g/mol. The lowest BCUT2D eigenvalue weighted by molar-refractivity contribution is -0.384. The van der Waals surface area contributed by atoms with Crippen molar-refractivity contribution in [2.24, 2.45) is 0 Å². The van der Waals surface area contributed by atoms with E-state index in [1.807, 2.05) is 0 Å². The first kappa shape index (κ1) is 11.8. The van der Waals surface area contributed by atoms with Crippen LogP contribution < -0.4 is 5.32 Å². The second-order valence-corrected chi connectivity index (χ2v) is 3.03. The molecule has 0 unspecified atom stereocenters. The maximum Gasteiger partial charge on any atom is 0.269 e. The molecule has 6 nitrogen and oxygen atoms in total. The van der Waals surface area contributed by atoms with E-state index in [0.717, 1.165) is 0 Å². The van der Waals surface area contributed by atoms with E-state index >= 15 is 0 Å². The van der Waals surface area contributed by atoms with Gasteiger partial charge in [0.05, 0.1) is 4.92 Å². The molecule has 2 amide bonds. The minimum Gasteiger partial charge on any atom is -0.292 e. The van der Waals surface area contributed by atoms with Gasteiger partial charge in [-0.25, -0.2) is 0 Å². The Balaban J connectivity index is 2.78. The summed E-state index contributed by atoms with van der Waals surface area (Å²) in [6, 6.07) is 5.03. The lowest BCUT2D eigenvalue weighted by atomic mass is 10.2. The molecule has 0 saturated heterocycles. The summed E-state index contributed by atoms with van der Waals surface area (Å²) < 4.78 is 0. The predicted octanol–water partition coefficient (Wildman–Crippen LogP) is 1.26. The Morgan fingerprint density at radius 3 is 2.31 bits per heavy atom. The molecular weight excluding hydrogens is 212 g/mol. The fraction of sp³-hybridized carbons (Fsp3) is 0.200. The molecule has 0 fully saturated rings. The first-order valence-electron chi connectivity index (χ1n) is 4.63. The number of hydrogen-bond acceptors (Lipinski definition) is 4. The van der Waals surface area contributed by atoms with Crippen molar-refractivity contribution < 1.29 is 14.5 Å². The van der Waals surface area contributed by atoms with Gasteiger partial charge in [0.2, 0.25) is 5.91 Å². The SMILES string of the molecule is CCC(=O)NC(=O)c1ccc([N+](=O)[O-])cc1. The topological polar surface area (TPSA) is 89.3 Å². The van der Waals surface area contributed by atoms with Crippen molar-refractivity contribution in [1.29, 1.82) is 0 Å². The maximum absolute atomic E-state index is 11.4. The highest BCUT2D eigenvalue weighted by atomic mass is 16.6. The summed E-state index contributed by atoms with van der Waals surface area (Å²) in [5, 5.41) is 12.5. The molecule has 0 atom stereocenters. The molecule has 84 valence electrons. The predicted molar refractivity (Wildman–Crippen MR) is 55.9 cm³/mol. The number of imide groups is 1. The number of nitro benzene ring substituents is 1. The van der Waals surface area contributed by atoms with E-state index in [1.54, 1.807) is 6.92 Å². The van der Waals surface area contributed by atoms with Gasteiger partial charge in [0.15, 0.2) is 0 Å². The van der Waals surface area contributed by atoms with Gasteiger partial charge in [-0.15, -0.1) is 0 Å². The Kier molecular flexibility index (Phi) is 3.71. The molecule has 0 aromatic heterocycles. The molecular formula is C10H10N2O4. The Hall–Kier alpha value is -2.24. The number of nitrogens with one attached hydrogen (secondary N) is 1. The van der Waals surface area contributed by atoms with Gasteiger partial charge in [0.25, 0.3) is 11.6 Å². The van der Waals surface area contributed by atoms with Crippen LogP contribution >= 0.6 is 0 Å². The summed E-state index contributed by atoms with van der Waals surface area (Å²) >= 11 is 0. The molecule has 16 heavy (non-hydrogen) atoms. The Labute approximate surface area is 91.4 Å². The zero-order chi connectivity index (χ0) is 12.1. The maximum atomic E-state index is 11.4. The highest BCUT2D eigenvalue weighted by Crippen LogP contribution is 2.11. The Morgan fingerprint density at radius 1 is 1.31 bits per heavy atom. The first-order chi connectivity index (χ1) is 7.54. The third kappa shape index (κ3) is 2.88. The van der Waals surface area contributed by atoms with Crippen molar-refractivity contribution in [2.75, 3.05) is 0 Å². The van der Waals surface area contributed by atoms with E-state index < -0.39 is 10.8 Å². The minimum absolute atomic E-state index is 0.0987. The minimum atomic E-state index is -0.557. The Bertz CT molecular complexity index is 425. The molecule has 1 aromatic carbocycles. The van der Waals surface area contributed by atoms with E-state index in [2.05, 4.69) is 5.32 Å². The third-order valence-electron chi connectivity index (χ3n) is 1.91. The summed E-state index contributed by atoms with van der Waals surface area (Å²) in [4.78, 5) is 32.1. The molecule has 0 heterocycles. The van der Waals surface area contributed by atoms with E-state index in [9.17, 15) is 19.7 Å². The zero-order valence-electron chi connectivity index (χ0n) is 8.60. The molecule has 1 aromatic rings. The number of nitro groups is 1. The summed E-state index contributed by atoms with van der Waals surface area (Å²) in [6.07, 6.45) is 0.207. The van der Waals surface area contributed by atoms with Crippen LogP contribution in [0.1, 0.15) is 23.7 Å². The van der Waals surface area contributed by atoms with Gasteiger partial charge in [-0.05, 0) is 12.1 Å². The van der Waals surface area contributed by atoms with Crippen molar-refractivity contribution in [3.8, 4) is 0 Å². The lowest BCUT2D eigenvalue weighted by Crippen LogP contribution is -2.29. The average Bonchev–Trinajstić information content (AvgIpc) is 2.28. The van der Waals surface area contributed by atoms with Gasteiger partial charge in [0.1, 0.15) is 0 Å². The van der Waals surface area contributed by atoms with Crippen LogP contribution in [-0.4, -0.2) is 16.7 Å². The van der Waals surface area contributed by atoms with Crippen LogP contribution in [-0.2, 0) is 4.79 Å². The second kappa shape index (κ2) is 5.01. The molecule has 0 radical (unpaired) electrons. The molecule has 0 aliphatic carbocycles. The smallest absolute Gasteiger partial charge is 0.269 e. The number of hydrogen-bond donors (Lipinski definition) is 1. The molecule has 0 saturated carbocycles. The second-order valence-electron chi connectivity index (χ2n) is 3.03. The van der Waals surface area contributed by atoms with Gasteiger partial charge in [-0.2, -0.15) is 0 Å². The number of rotatable bonds is 3. The fourth-order valence-corrected chi connectivity index (χ4v) is 1.02. The molecule has 1 N–H and O–H groups in total. The largest absolute Gasteiger partial charge is 0.292 e. The number of amides is 2. The molecule has 1 rings (SSSR count). The zero-order valence-corrected chi connectivity index (χ0v) is 8.60. The van der Waals surface area contributed by atoms with Crippen molar-refractivity contribution in [1.82, 2.24) is 5.32 Å². The van der Waals surface area contributed by atoms with Gasteiger partial charge in [0, 0.05) is 24.1 Å². The van der Waals surface area contributed by atoms with Crippen molar-refractivity contribution in [3.05, 3.63) is 39.9 Å². The van der Waals surface area contributed by atoms with Gasteiger partial charge in [-0.3, -0.25) is 25.0 Å². The van der Waals surface area contributed by atoms with Crippen LogP contribution in [0.3, 0.4) is 0 Å². The highest BCUT2D eigenvalue weighted by molar-refractivity contribution is 6.04. The lowest BCUT2D eigenvalue weighted by Gasteiger charge is -2.01. The summed E-state index contributed by atoms with van der Waals surface area (Å²) in [5.74, 6) is -0.940. The highest BCUT2D eigenvalue weighted by Gasteiger charge is 2.10. The number of carbonyl (C=O) groups excluding carboxylic acids is 2. The van der Waals surface area contributed by atoms with Gasteiger partial charge in [-0.1, -0.05) is 6.92 Å². The van der Waals surface area contributed by atoms with Crippen LogP contribution in [0, 0.1) is 10.1 Å². The monoisotopic (exact) mass is 222 g/mol.